The molecule has 122 valence electrons. The van der Waals surface area contributed by atoms with E-state index in [-0.39, 0.29) is 5.25 Å². The first kappa shape index (κ1) is 15.9. The van der Waals surface area contributed by atoms with E-state index in [4.69, 9.17) is 0 Å². The van der Waals surface area contributed by atoms with Gasteiger partial charge < -0.3 is 0 Å². The van der Waals surface area contributed by atoms with Gasteiger partial charge >= 0.3 is 0 Å². The molecule has 3 heterocycles. The lowest BCUT2D eigenvalue weighted by Crippen LogP contribution is -2.36. The molecule has 1 aliphatic heterocycles. The molecule has 2 aromatic rings. The van der Waals surface area contributed by atoms with Crippen molar-refractivity contribution in [1.82, 2.24) is 19.0 Å². The molecule has 1 fully saturated rings. The van der Waals surface area contributed by atoms with Crippen LogP contribution in [0.2, 0.25) is 0 Å². The summed E-state index contributed by atoms with van der Waals surface area (Å²) >= 11 is 1.68. The maximum absolute atomic E-state index is 12.1. The van der Waals surface area contributed by atoms with E-state index in [0.717, 1.165) is 23.7 Å². The molecule has 0 bridgehead atoms. The monoisotopic (exact) mass is 342 g/mol. The second-order valence-corrected chi connectivity index (χ2v) is 9.09. The first-order valence-electron chi connectivity index (χ1n) is 7.55. The van der Waals surface area contributed by atoms with Crippen LogP contribution in [0.5, 0.6) is 0 Å². The molecule has 0 aromatic carbocycles. The predicted octanol–water partition coefficient (Wildman–Crippen LogP) is 1.53. The highest BCUT2D eigenvalue weighted by atomic mass is 32.2. The van der Waals surface area contributed by atoms with Gasteiger partial charge in [-0.15, -0.1) is 11.3 Å². The maximum atomic E-state index is 12.1. The van der Waals surface area contributed by atoms with Crippen LogP contribution in [0.4, 0.5) is 0 Å². The molecule has 0 unspecified atom stereocenters. The van der Waals surface area contributed by atoms with Gasteiger partial charge in [-0.1, -0.05) is 6.92 Å². The molecule has 1 N–H and O–H groups in total. The number of likely N-dealkylation sites (tertiary alicyclic amines) is 1. The highest BCUT2D eigenvalue weighted by Gasteiger charge is 2.33. The molecule has 0 amide bonds. The minimum absolute atomic E-state index is 0.305. The quantitative estimate of drug-likeness (QED) is 0.895. The van der Waals surface area contributed by atoms with E-state index in [1.807, 2.05) is 13.8 Å². The van der Waals surface area contributed by atoms with Gasteiger partial charge in [-0.25, -0.2) is 18.1 Å². The second-order valence-electron chi connectivity index (χ2n) is 5.83. The molecule has 6 nitrogen and oxygen atoms in total. The summed E-state index contributed by atoms with van der Waals surface area (Å²) in [5, 5.41) is -0.305. The zero-order valence-corrected chi connectivity index (χ0v) is 14.8. The maximum Gasteiger partial charge on any atom is 0.215 e. The van der Waals surface area contributed by atoms with Crippen molar-refractivity contribution in [3.63, 3.8) is 0 Å². The van der Waals surface area contributed by atoms with Crippen LogP contribution in [-0.4, -0.2) is 47.6 Å². The topological polar surface area (TPSA) is 66.7 Å². The van der Waals surface area contributed by atoms with Crippen LogP contribution in [-0.2, 0) is 16.6 Å². The number of hydrogen-bond donors (Lipinski definition) is 1. The first-order valence-corrected chi connectivity index (χ1v) is 9.91. The Kier molecular flexibility index (Phi) is 4.28. The molecule has 1 aliphatic rings. The van der Waals surface area contributed by atoms with Crippen LogP contribution < -0.4 is 4.72 Å². The Bertz CT molecular complexity index is 778. The number of hydrogen-bond acceptors (Lipinski definition) is 5. The number of rotatable bonds is 5. The van der Waals surface area contributed by atoms with Gasteiger partial charge in [0.15, 0.2) is 4.96 Å². The largest absolute Gasteiger partial charge is 0.296 e. The van der Waals surface area contributed by atoms with Crippen molar-refractivity contribution < 1.29 is 8.42 Å². The highest BCUT2D eigenvalue weighted by molar-refractivity contribution is 7.90. The zero-order chi connectivity index (χ0) is 15.9. The molecular formula is C14H22N4O2S2. The summed E-state index contributed by atoms with van der Waals surface area (Å²) in [6.45, 7) is 8.52. The van der Waals surface area contributed by atoms with E-state index in [0.29, 0.717) is 19.5 Å². The van der Waals surface area contributed by atoms with Gasteiger partial charge in [0.05, 0.1) is 16.6 Å². The number of sulfonamides is 1. The van der Waals surface area contributed by atoms with E-state index < -0.39 is 10.0 Å². The third-order valence-electron chi connectivity index (χ3n) is 4.13. The fourth-order valence-corrected chi connectivity index (χ4v) is 5.38. The van der Waals surface area contributed by atoms with Crippen molar-refractivity contribution in [3.05, 3.63) is 22.5 Å². The number of aromatic nitrogens is 2. The summed E-state index contributed by atoms with van der Waals surface area (Å²) in [5.41, 5.74) is 2.20. The van der Waals surface area contributed by atoms with Crippen molar-refractivity contribution in [3.8, 4) is 0 Å². The number of imidazole rings is 1. The normalized spacial score (nSPS) is 20.2. The van der Waals surface area contributed by atoms with Crippen LogP contribution in [0.25, 0.3) is 4.96 Å². The van der Waals surface area contributed by atoms with Crippen LogP contribution in [0.15, 0.2) is 6.20 Å². The Morgan fingerprint density at radius 1 is 1.45 bits per heavy atom. The van der Waals surface area contributed by atoms with Crippen LogP contribution in [0.3, 0.4) is 0 Å². The number of thiazole rings is 1. The molecule has 8 heteroatoms. The Hall–Kier alpha value is -0.960. The fraction of sp³-hybridized carbons (Fsp3) is 0.643. The van der Waals surface area contributed by atoms with E-state index >= 15 is 0 Å². The SMILES string of the molecule is CCNS(=O)(=O)[C@@H]1CCN(Cc2c(C)nc3sc(C)cn23)C1. The van der Waals surface area contributed by atoms with Gasteiger partial charge in [-0.2, -0.15) is 0 Å². The lowest BCUT2D eigenvalue weighted by molar-refractivity contribution is 0.325. The summed E-state index contributed by atoms with van der Waals surface area (Å²) in [6.07, 6.45) is 2.80. The van der Waals surface area contributed by atoms with Gasteiger partial charge in [0.25, 0.3) is 0 Å². The summed E-state index contributed by atoms with van der Waals surface area (Å²) in [7, 11) is -3.18. The minimum Gasteiger partial charge on any atom is -0.296 e. The lowest BCUT2D eigenvalue weighted by atomic mass is 10.3. The molecule has 0 spiro atoms. The number of aryl methyl sites for hydroxylation is 2. The molecule has 1 saturated heterocycles. The Labute approximate surface area is 135 Å². The van der Waals surface area contributed by atoms with E-state index in [1.54, 1.807) is 11.3 Å². The van der Waals surface area contributed by atoms with E-state index in [2.05, 4.69) is 32.1 Å². The third kappa shape index (κ3) is 2.92. The van der Waals surface area contributed by atoms with Crippen molar-refractivity contribution in [1.29, 1.82) is 0 Å². The smallest absolute Gasteiger partial charge is 0.215 e. The molecular weight excluding hydrogens is 320 g/mol. The average Bonchev–Trinajstić information content (AvgIpc) is 3.08. The molecule has 0 aliphatic carbocycles. The summed E-state index contributed by atoms with van der Waals surface area (Å²) in [4.78, 5) is 9.06. The first-order chi connectivity index (χ1) is 10.4. The standard InChI is InChI=1S/C14H22N4O2S2/c1-4-15-22(19,20)12-5-6-17(8-12)9-13-11(3)16-14-18(13)7-10(2)21-14/h7,12,15H,4-6,8-9H2,1-3H3/t12-/m1/s1. The molecule has 0 radical (unpaired) electrons. The Morgan fingerprint density at radius 2 is 2.23 bits per heavy atom. The van der Waals surface area contributed by atoms with Crippen molar-refractivity contribution in [2.24, 2.45) is 0 Å². The number of fused-ring (bicyclic) bond motifs is 1. The van der Waals surface area contributed by atoms with Gasteiger partial charge in [0, 0.05) is 30.7 Å². The zero-order valence-electron chi connectivity index (χ0n) is 13.2. The predicted molar refractivity (Wildman–Crippen MR) is 88.8 cm³/mol. The molecule has 0 saturated carbocycles. The molecule has 2 aromatic heterocycles. The second kappa shape index (κ2) is 5.92. The summed E-state index contributed by atoms with van der Waals surface area (Å²) < 4.78 is 29.0. The van der Waals surface area contributed by atoms with Crippen LogP contribution in [0.1, 0.15) is 29.6 Å². The van der Waals surface area contributed by atoms with Crippen LogP contribution in [0, 0.1) is 13.8 Å². The van der Waals surface area contributed by atoms with Gasteiger partial charge in [0.1, 0.15) is 0 Å². The molecule has 22 heavy (non-hydrogen) atoms. The minimum atomic E-state index is -3.18. The summed E-state index contributed by atoms with van der Waals surface area (Å²) in [5.74, 6) is 0. The van der Waals surface area contributed by atoms with Gasteiger partial charge in [0.2, 0.25) is 10.0 Å². The van der Waals surface area contributed by atoms with Crippen molar-refractivity contribution in [2.45, 2.75) is 39.0 Å². The number of nitrogens with zero attached hydrogens (tertiary/aromatic N) is 3. The van der Waals surface area contributed by atoms with Gasteiger partial charge in [-0.05, 0) is 26.8 Å². The molecule has 3 rings (SSSR count). The van der Waals surface area contributed by atoms with Gasteiger partial charge in [-0.3, -0.25) is 9.30 Å². The Morgan fingerprint density at radius 3 is 2.95 bits per heavy atom. The fourth-order valence-electron chi connectivity index (χ4n) is 3.02. The van der Waals surface area contributed by atoms with E-state index in [1.165, 1.54) is 10.6 Å². The van der Waals surface area contributed by atoms with Crippen molar-refractivity contribution in [2.75, 3.05) is 19.6 Å². The highest BCUT2D eigenvalue weighted by Crippen LogP contribution is 2.24. The summed E-state index contributed by atoms with van der Waals surface area (Å²) in [6, 6.07) is 0. The van der Waals surface area contributed by atoms with E-state index in [9.17, 15) is 8.42 Å². The van der Waals surface area contributed by atoms with Crippen molar-refractivity contribution >= 4 is 26.3 Å². The Balaban J connectivity index is 1.75. The molecule has 1 atom stereocenters. The number of nitrogens with one attached hydrogen (secondary N) is 1. The average molecular weight is 342 g/mol. The third-order valence-corrected chi connectivity index (χ3v) is 6.98. The van der Waals surface area contributed by atoms with Crippen LogP contribution >= 0.6 is 11.3 Å². The lowest BCUT2D eigenvalue weighted by Gasteiger charge is -2.16.